The maximum absolute atomic E-state index is 11.5. The first-order chi connectivity index (χ1) is 14.1. The van der Waals surface area contributed by atoms with Gasteiger partial charge in [-0.25, -0.2) is 9.97 Å². The maximum Gasteiger partial charge on any atom is 0.293 e. The van der Waals surface area contributed by atoms with Gasteiger partial charge in [0, 0.05) is 36.8 Å². The van der Waals surface area contributed by atoms with Crippen LogP contribution in [0.3, 0.4) is 0 Å². The lowest BCUT2D eigenvalue weighted by atomic mass is 10.1. The van der Waals surface area contributed by atoms with E-state index >= 15 is 0 Å². The normalized spacial score (nSPS) is 10.7. The summed E-state index contributed by atoms with van der Waals surface area (Å²) in [6.07, 6.45) is 3.71. The van der Waals surface area contributed by atoms with Crippen LogP contribution in [0, 0.1) is 10.1 Å². The van der Waals surface area contributed by atoms with Gasteiger partial charge >= 0.3 is 0 Å². The highest BCUT2D eigenvalue weighted by Gasteiger charge is 2.17. The molecule has 0 amide bonds. The van der Waals surface area contributed by atoms with Gasteiger partial charge in [0.15, 0.2) is 0 Å². The molecular weight excluding hydrogens is 368 g/mol. The van der Waals surface area contributed by atoms with E-state index in [0.29, 0.717) is 35.5 Å². The van der Waals surface area contributed by atoms with Gasteiger partial charge in [0.1, 0.15) is 17.8 Å². The molecule has 29 heavy (non-hydrogen) atoms. The summed E-state index contributed by atoms with van der Waals surface area (Å²) in [7, 11) is 0. The van der Waals surface area contributed by atoms with Crippen molar-refractivity contribution >= 4 is 33.8 Å². The number of nitrogens with one attached hydrogen (secondary N) is 3. The standard InChI is InChI=1S/C21H26N6O2/c1-3-5-10-23-17-9-7-6-8-15(17)13-24-21-16-11-20(27(28)29)19(22-4-2)12-18(16)25-14-26-21/h6-9,11-12,14,22-23H,3-5,10,13H2,1-2H3,(H,24,25,26). The fourth-order valence-electron chi connectivity index (χ4n) is 3.14. The molecule has 0 aliphatic carbocycles. The topological polar surface area (TPSA) is 105 Å². The Balaban J connectivity index is 1.88. The van der Waals surface area contributed by atoms with Crippen molar-refractivity contribution in [3.63, 3.8) is 0 Å². The van der Waals surface area contributed by atoms with Gasteiger partial charge in [-0.2, -0.15) is 0 Å². The van der Waals surface area contributed by atoms with Crippen LogP contribution in [0.4, 0.5) is 22.9 Å². The molecule has 0 atom stereocenters. The van der Waals surface area contributed by atoms with Crippen LogP contribution in [0.25, 0.3) is 10.9 Å². The Morgan fingerprint density at radius 3 is 2.62 bits per heavy atom. The molecule has 8 heteroatoms. The zero-order valence-electron chi connectivity index (χ0n) is 16.7. The number of rotatable bonds is 10. The zero-order chi connectivity index (χ0) is 20.6. The number of nitro groups is 1. The summed E-state index contributed by atoms with van der Waals surface area (Å²) in [5.74, 6) is 0.574. The second-order valence-corrected chi connectivity index (χ2v) is 6.69. The van der Waals surface area contributed by atoms with Crippen LogP contribution in [0.5, 0.6) is 0 Å². The summed E-state index contributed by atoms with van der Waals surface area (Å²) in [5, 5.41) is 21.9. The Hall–Kier alpha value is -3.42. The number of hydrogen-bond donors (Lipinski definition) is 3. The number of anilines is 3. The van der Waals surface area contributed by atoms with Gasteiger partial charge in [-0.05, 0) is 31.0 Å². The molecule has 3 rings (SSSR count). The molecule has 0 radical (unpaired) electrons. The predicted molar refractivity (Wildman–Crippen MR) is 118 cm³/mol. The molecule has 0 unspecified atom stereocenters. The molecule has 0 fully saturated rings. The predicted octanol–water partition coefficient (Wildman–Crippen LogP) is 4.79. The molecule has 1 heterocycles. The van der Waals surface area contributed by atoms with E-state index in [1.165, 1.54) is 12.4 Å². The van der Waals surface area contributed by atoms with Crippen molar-refractivity contribution in [3.05, 3.63) is 58.4 Å². The second-order valence-electron chi connectivity index (χ2n) is 6.69. The third kappa shape index (κ3) is 4.90. The minimum atomic E-state index is -0.388. The van der Waals surface area contributed by atoms with Crippen molar-refractivity contribution in [2.45, 2.75) is 33.2 Å². The number of unbranched alkanes of at least 4 members (excludes halogenated alkanes) is 1. The molecule has 3 N–H and O–H groups in total. The first kappa shape index (κ1) is 20.3. The van der Waals surface area contributed by atoms with E-state index in [0.717, 1.165) is 30.6 Å². The number of hydrogen-bond acceptors (Lipinski definition) is 7. The van der Waals surface area contributed by atoms with Crippen LogP contribution >= 0.6 is 0 Å². The van der Waals surface area contributed by atoms with E-state index in [4.69, 9.17) is 0 Å². The van der Waals surface area contributed by atoms with Crippen molar-refractivity contribution in [1.29, 1.82) is 0 Å². The van der Waals surface area contributed by atoms with Crippen molar-refractivity contribution in [2.75, 3.05) is 29.0 Å². The monoisotopic (exact) mass is 394 g/mol. The van der Waals surface area contributed by atoms with Gasteiger partial charge in [0.2, 0.25) is 0 Å². The van der Waals surface area contributed by atoms with Gasteiger partial charge in [0.05, 0.1) is 10.4 Å². The van der Waals surface area contributed by atoms with E-state index in [-0.39, 0.29) is 10.6 Å². The third-order valence-corrected chi connectivity index (χ3v) is 4.63. The highest BCUT2D eigenvalue weighted by atomic mass is 16.6. The van der Waals surface area contributed by atoms with Crippen LogP contribution in [-0.2, 0) is 6.54 Å². The number of fused-ring (bicyclic) bond motifs is 1. The minimum absolute atomic E-state index is 0.0128. The summed E-state index contributed by atoms with van der Waals surface area (Å²) in [6.45, 7) is 6.11. The second kappa shape index (κ2) is 9.68. The molecular formula is C21H26N6O2. The molecule has 0 saturated carbocycles. The number of benzene rings is 2. The molecule has 152 valence electrons. The van der Waals surface area contributed by atoms with E-state index in [1.807, 2.05) is 19.1 Å². The SMILES string of the molecule is CCCCNc1ccccc1CNc1ncnc2cc(NCC)c([N+](=O)[O-])cc12. The quantitative estimate of drug-likeness (QED) is 0.258. The molecule has 0 aliphatic rings. The first-order valence-corrected chi connectivity index (χ1v) is 9.86. The van der Waals surface area contributed by atoms with E-state index < -0.39 is 0 Å². The molecule has 0 bridgehead atoms. The van der Waals surface area contributed by atoms with Crippen molar-refractivity contribution in [3.8, 4) is 0 Å². The zero-order valence-corrected chi connectivity index (χ0v) is 16.7. The van der Waals surface area contributed by atoms with Gasteiger partial charge < -0.3 is 16.0 Å². The van der Waals surface area contributed by atoms with Crippen molar-refractivity contribution in [1.82, 2.24) is 9.97 Å². The number of nitro benzene ring substituents is 1. The number of aromatic nitrogens is 2. The van der Waals surface area contributed by atoms with Crippen LogP contribution < -0.4 is 16.0 Å². The van der Waals surface area contributed by atoms with Crippen molar-refractivity contribution < 1.29 is 4.92 Å². The van der Waals surface area contributed by atoms with E-state index in [1.54, 1.807) is 6.07 Å². The molecule has 2 aromatic carbocycles. The Kier molecular flexibility index (Phi) is 6.78. The Labute approximate surface area is 169 Å². The smallest absolute Gasteiger partial charge is 0.293 e. The molecule has 8 nitrogen and oxygen atoms in total. The molecule has 1 aromatic heterocycles. The summed E-state index contributed by atoms with van der Waals surface area (Å²) >= 11 is 0. The maximum atomic E-state index is 11.5. The number of nitrogens with zero attached hydrogens (tertiary/aromatic N) is 3. The average molecular weight is 394 g/mol. The van der Waals surface area contributed by atoms with Gasteiger partial charge in [-0.3, -0.25) is 10.1 Å². The molecule has 0 saturated heterocycles. The molecule has 3 aromatic rings. The summed E-state index contributed by atoms with van der Waals surface area (Å²) in [6, 6.07) is 11.3. The van der Waals surface area contributed by atoms with Crippen LogP contribution in [-0.4, -0.2) is 28.0 Å². The lowest BCUT2D eigenvalue weighted by molar-refractivity contribution is -0.383. The van der Waals surface area contributed by atoms with E-state index in [9.17, 15) is 10.1 Å². The Morgan fingerprint density at radius 2 is 1.86 bits per heavy atom. The summed E-state index contributed by atoms with van der Waals surface area (Å²) in [4.78, 5) is 19.7. The number of para-hydroxylation sites is 1. The highest BCUT2D eigenvalue weighted by Crippen LogP contribution is 2.32. The molecule has 0 aliphatic heterocycles. The minimum Gasteiger partial charge on any atom is -0.385 e. The van der Waals surface area contributed by atoms with Crippen LogP contribution in [0.2, 0.25) is 0 Å². The highest BCUT2D eigenvalue weighted by molar-refractivity contribution is 5.94. The van der Waals surface area contributed by atoms with Crippen LogP contribution in [0.15, 0.2) is 42.7 Å². The fraction of sp³-hybridized carbons (Fsp3) is 0.333. The fourth-order valence-corrected chi connectivity index (χ4v) is 3.14. The first-order valence-electron chi connectivity index (χ1n) is 9.86. The van der Waals surface area contributed by atoms with Crippen molar-refractivity contribution in [2.24, 2.45) is 0 Å². The largest absolute Gasteiger partial charge is 0.385 e. The Bertz CT molecular complexity index is 992. The Morgan fingerprint density at radius 1 is 1.03 bits per heavy atom. The van der Waals surface area contributed by atoms with Gasteiger partial charge in [-0.15, -0.1) is 0 Å². The molecule has 0 spiro atoms. The van der Waals surface area contributed by atoms with Gasteiger partial charge in [-0.1, -0.05) is 31.5 Å². The van der Waals surface area contributed by atoms with Crippen LogP contribution in [0.1, 0.15) is 32.3 Å². The third-order valence-electron chi connectivity index (χ3n) is 4.63. The lowest BCUT2D eigenvalue weighted by Crippen LogP contribution is -2.08. The summed E-state index contributed by atoms with van der Waals surface area (Å²) < 4.78 is 0. The van der Waals surface area contributed by atoms with E-state index in [2.05, 4.69) is 45.0 Å². The lowest BCUT2D eigenvalue weighted by Gasteiger charge is -2.14. The van der Waals surface area contributed by atoms with Gasteiger partial charge in [0.25, 0.3) is 5.69 Å². The summed E-state index contributed by atoms with van der Waals surface area (Å²) in [5.41, 5.74) is 3.30. The average Bonchev–Trinajstić information content (AvgIpc) is 2.72.